The van der Waals surface area contributed by atoms with E-state index in [-0.39, 0.29) is 43.7 Å². The van der Waals surface area contributed by atoms with Gasteiger partial charge in [-0.2, -0.15) is 0 Å². The van der Waals surface area contributed by atoms with Crippen molar-refractivity contribution in [3.8, 4) is 10.4 Å². The first-order valence-corrected chi connectivity index (χ1v) is 17.5. The molecule has 3 N–H and O–H groups in total. The largest absolute Gasteiger partial charge is 0.444 e. The summed E-state index contributed by atoms with van der Waals surface area (Å²) in [5, 5.41) is 16.4. The van der Waals surface area contributed by atoms with Gasteiger partial charge in [0.25, 0.3) is 0 Å². The number of aryl methyl sites for hydroxylation is 1. The van der Waals surface area contributed by atoms with Gasteiger partial charge in [0.2, 0.25) is 17.7 Å². The van der Waals surface area contributed by atoms with Crippen molar-refractivity contribution in [1.29, 1.82) is 0 Å². The van der Waals surface area contributed by atoms with Crippen LogP contribution in [0.3, 0.4) is 0 Å². The van der Waals surface area contributed by atoms with Crippen LogP contribution < -0.4 is 10.6 Å². The number of nitrogens with one attached hydrogen (secondary N) is 2. The number of aromatic nitrogens is 1. The van der Waals surface area contributed by atoms with Gasteiger partial charge in [-0.25, -0.2) is 9.78 Å². The summed E-state index contributed by atoms with van der Waals surface area (Å²) in [6, 6.07) is 5.75. The molecule has 0 aliphatic carbocycles. The van der Waals surface area contributed by atoms with E-state index in [0.717, 1.165) is 21.7 Å². The zero-order valence-corrected chi connectivity index (χ0v) is 30.2. The number of thiazole rings is 1. The van der Waals surface area contributed by atoms with Crippen LogP contribution in [0.1, 0.15) is 85.0 Å². The lowest BCUT2D eigenvalue weighted by Crippen LogP contribution is -2.58. The van der Waals surface area contributed by atoms with Crippen LogP contribution in [0, 0.1) is 12.3 Å². The zero-order valence-electron chi connectivity index (χ0n) is 29.4. The predicted octanol–water partition coefficient (Wildman–Crippen LogP) is 4.20. The van der Waals surface area contributed by atoms with Gasteiger partial charge in [0.05, 0.1) is 34.3 Å². The maximum atomic E-state index is 14.0. The van der Waals surface area contributed by atoms with Crippen molar-refractivity contribution in [2.75, 3.05) is 26.2 Å². The Bertz CT molecular complexity index is 1440. The lowest BCUT2D eigenvalue weighted by Gasteiger charge is -2.36. The van der Waals surface area contributed by atoms with Crippen molar-refractivity contribution < 1.29 is 33.8 Å². The maximum absolute atomic E-state index is 14.0. The second-order valence-corrected chi connectivity index (χ2v) is 15.7. The molecular formula is C35H51N5O7S. The van der Waals surface area contributed by atoms with E-state index < -0.39 is 41.0 Å². The number of likely N-dealkylation sites (tertiary alicyclic amines) is 2. The topological polar surface area (TPSA) is 150 Å². The molecule has 48 heavy (non-hydrogen) atoms. The number of hydrogen-bond donors (Lipinski definition) is 3. The van der Waals surface area contributed by atoms with Crippen LogP contribution in [0.5, 0.6) is 0 Å². The molecule has 0 bridgehead atoms. The number of aliphatic hydroxyl groups excluding tert-OH is 1. The van der Waals surface area contributed by atoms with E-state index in [9.17, 15) is 24.3 Å². The first-order chi connectivity index (χ1) is 22.4. The Morgan fingerprint density at radius 2 is 1.69 bits per heavy atom. The molecule has 0 unspecified atom stereocenters. The summed E-state index contributed by atoms with van der Waals surface area (Å²) in [6.07, 6.45) is -0.224. The maximum Gasteiger partial charge on any atom is 0.410 e. The Labute approximate surface area is 287 Å². The fourth-order valence-electron chi connectivity index (χ4n) is 5.94. The minimum Gasteiger partial charge on any atom is -0.444 e. The molecule has 1 aromatic carbocycles. The molecule has 2 aliphatic rings. The van der Waals surface area contributed by atoms with Crippen LogP contribution >= 0.6 is 11.3 Å². The van der Waals surface area contributed by atoms with Crippen LogP contribution in [0.4, 0.5) is 4.79 Å². The van der Waals surface area contributed by atoms with E-state index >= 15 is 0 Å². The molecule has 12 nitrogen and oxygen atoms in total. The highest BCUT2D eigenvalue weighted by molar-refractivity contribution is 7.13. The molecule has 2 saturated heterocycles. The fraction of sp³-hybridized carbons (Fsp3) is 0.629. The lowest BCUT2D eigenvalue weighted by atomic mass is 9.85. The highest BCUT2D eigenvalue weighted by atomic mass is 32.1. The van der Waals surface area contributed by atoms with Gasteiger partial charge in [0, 0.05) is 26.1 Å². The molecule has 3 heterocycles. The number of benzene rings is 1. The normalized spacial score (nSPS) is 20.3. The van der Waals surface area contributed by atoms with Crippen LogP contribution in [-0.4, -0.2) is 99.8 Å². The highest BCUT2D eigenvalue weighted by Gasteiger charge is 2.44. The Morgan fingerprint density at radius 1 is 1.04 bits per heavy atom. The average Bonchev–Trinajstić information content (AvgIpc) is 3.62. The molecule has 0 radical (unpaired) electrons. The standard InChI is InChI=1S/C35H51N5O7S/c1-21(23-9-11-24(12-10-23)29-22(2)36-20-48-29)37-31(43)27-17-25(41)18-40(27)32(44)30(34(3,4)5)38-28(42)19-46-26-13-15-39(16-14-26)33(45)47-35(6,7)8/h9-12,20-21,25-27,30,41H,13-19H2,1-8H3,(H,37,43)(H,38,42)/t21-,25+,27-,30+/m0/s1. The lowest BCUT2D eigenvalue weighted by molar-refractivity contribution is -0.145. The number of aliphatic hydroxyl groups is 1. The van der Waals surface area contributed by atoms with Gasteiger partial charge in [-0.05, 0) is 64.0 Å². The summed E-state index contributed by atoms with van der Waals surface area (Å²) in [5.41, 5.74) is 3.47. The van der Waals surface area contributed by atoms with E-state index in [2.05, 4.69) is 15.6 Å². The van der Waals surface area contributed by atoms with Gasteiger partial charge in [-0.1, -0.05) is 45.0 Å². The zero-order chi connectivity index (χ0) is 35.4. The fourth-order valence-corrected chi connectivity index (χ4v) is 6.75. The third kappa shape index (κ3) is 9.76. The quantitative estimate of drug-likeness (QED) is 0.356. The Morgan fingerprint density at radius 3 is 2.25 bits per heavy atom. The summed E-state index contributed by atoms with van der Waals surface area (Å²) >= 11 is 1.58. The smallest absolute Gasteiger partial charge is 0.410 e. The van der Waals surface area contributed by atoms with Crippen LogP contribution in [0.15, 0.2) is 29.8 Å². The third-order valence-corrected chi connectivity index (χ3v) is 9.58. The Balaban J connectivity index is 1.33. The van der Waals surface area contributed by atoms with Gasteiger partial charge in [-0.15, -0.1) is 11.3 Å². The third-order valence-electron chi connectivity index (χ3n) is 8.60. The molecule has 2 aliphatic heterocycles. The van der Waals surface area contributed by atoms with Crippen molar-refractivity contribution >= 4 is 35.2 Å². The highest BCUT2D eigenvalue weighted by Crippen LogP contribution is 2.29. The second kappa shape index (κ2) is 15.3. The van der Waals surface area contributed by atoms with Crippen LogP contribution in [-0.2, 0) is 23.9 Å². The van der Waals surface area contributed by atoms with E-state index in [1.165, 1.54) is 4.90 Å². The van der Waals surface area contributed by atoms with Crippen LogP contribution in [0.2, 0.25) is 0 Å². The molecule has 2 aromatic rings. The minimum absolute atomic E-state index is 0.0105. The summed E-state index contributed by atoms with van der Waals surface area (Å²) in [7, 11) is 0. The molecular weight excluding hydrogens is 634 g/mol. The molecule has 4 amide bonds. The number of β-amino-alcohol motifs (C(OH)–C–C–N with tert-alkyl or cyclic N) is 1. The minimum atomic E-state index is -0.955. The van der Waals surface area contributed by atoms with Crippen molar-refractivity contribution in [2.45, 2.75) is 111 Å². The summed E-state index contributed by atoms with van der Waals surface area (Å²) in [6.45, 7) is 15.5. The molecule has 0 spiro atoms. The molecule has 13 heteroatoms. The summed E-state index contributed by atoms with van der Waals surface area (Å²) < 4.78 is 11.3. The van der Waals surface area contributed by atoms with E-state index in [4.69, 9.17) is 9.47 Å². The second-order valence-electron chi connectivity index (χ2n) is 14.9. The van der Waals surface area contributed by atoms with Gasteiger partial charge in [0.15, 0.2) is 0 Å². The Hall–Kier alpha value is -3.55. The first kappa shape index (κ1) is 37.3. The Kier molecular flexibility index (Phi) is 11.9. The van der Waals surface area contributed by atoms with Crippen molar-refractivity contribution in [3.05, 3.63) is 41.0 Å². The summed E-state index contributed by atoms with van der Waals surface area (Å²) in [5.74, 6) is -1.26. The molecule has 4 rings (SSSR count). The van der Waals surface area contributed by atoms with Crippen molar-refractivity contribution in [3.63, 3.8) is 0 Å². The number of hydrogen-bond acceptors (Lipinski definition) is 9. The van der Waals surface area contributed by atoms with E-state index in [1.807, 2.05) is 85.2 Å². The van der Waals surface area contributed by atoms with Gasteiger partial charge in [-0.3, -0.25) is 14.4 Å². The number of ether oxygens (including phenoxy) is 2. The van der Waals surface area contributed by atoms with Gasteiger partial charge >= 0.3 is 6.09 Å². The van der Waals surface area contributed by atoms with Gasteiger partial charge < -0.3 is 35.0 Å². The molecule has 0 saturated carbocycles. The molecule has 1 aromatic heterocycles. The molecule has 2 fully saturated rings. The van der Waals surface area contributed by atoms with Crippen molar-refractivity contribution in [2.24, 2.45) is 5.41 Å². The van der Waals surface area contributed by atoms with E-state index in [0.29, 0.717) is 25.9 Å². The predicted molar refractivity (Wildman–Crippen MR) is 183 cm³/mol. The monoisotopic (exact) mass is 685 g/mol. The number of rotatable bonds is 9. The number of amides is 4. The average molecular weight is 686 g/mol. The number of carbonyl (C=O) groups is 4. The van der Waals surface area contributed by atoms with Gasteiger partial charge in [0.1, 0.15) is 24.3 Å². The number of piperidine rings is 1. The van der Waals surface area contributed by atoms with E-state index in [1.54, 1.807) is 16.2 Å². The molecule has 264 valence electrons. The van der Waals surface area contributed by atoms with Crippen molar-refractivity contribution in [1.82, 2.24) is 25.4 Å². The van der Waals surface area contributed by atoms with Crippen LogP contribution in [0.25, 0.3) is 10.4 Å². The SMILES string of the molecule is Cc1ncsc1-c1ccc([C@H](C)NC(=O)[C@@H]2C[C@@H](O)CN2C(=O)[C@@H](NC(=O)COC2CCN(C(=O)OC(C)(C)C)CC2)C(C)(C)C)cc1. The first-order valence-electron chi connectivity index (χ1n) is 16.6. The summed E-state index contributed by atoms with van der Waals surface area (Å²) in [4.78, 5) is 61.3. The number of nitrogens with zero attached hydrogens (tertiary/aromatic N) is 3. The molecule has 4 atom stereocenters. The number of carbonyl (C=O) groups excluding carboxylic acids is 4.